The Hall–Kier alpha value is -3.71. The molecule has 2 saturated heterocycles. The van der Waals surface area contributed by atoms with Gasteiger partial charge >= 0.3 is 6.01 Å². The molecule has 3 N–H and O–H groups in total. The lowest BCUT2D eigenvalue weighted by molar-refractivity contribution is 0.111. The maximum absolute atomic E-state index is 17.9. The molecule has 2 aromatic heterocycles. The zero-order valence-corrected chi connectivity index (χ0v) is 33.3. The number of likely N-dealkylation sites (N-methyl/N-ethyl adjacent to an activating group) is 1. The number of hydrogen-bond acceptors (Lipinski definition) is 12. The lowest BCUT2D eigenvalue weighted by Crippen LogP contribution is -2.55. The van der Waals surface area contributed by atoms with Gasteiger partial charge in [0.25, 0.3) is 0 Å². The van der Waals surface area contributed by atoms with E-state index in [0.29, 0.717) is 48.5 Å². The first kappa shape index (κ1) is 40.0. The van der Waals surface area contributed by atoms with Gasteiger partial charge in [0.05, 0.1) is 48.4 Å². The fraction of sp³-hybridized carbons (Fsp3) is 0.575. The van der Waals surface area contributed by atoms with Gasteiger partial charge in [0, 0.05) is 69.0 Å². The number of ether oxygens (including phenoxy) is 3. The maximum Gasteiger partial charge on any atom is 0.319 e. The van der Waals surface area contributed by atoms with Crippen molar-refractivity contribution < 1.29 is 28.1 Å². The Labute approximate surface area is 321 Å². The number of allylic oxidation sites excluding steroid dienone is 2. The summed E-state index contributed by atoms with van der Waals surface area (Å²) in [4.78, 5) is 16.9. The van der Waals surface area contributed by atoms with Crippen LogP contribution in [0, 0.1) is 23.1 Å². The number of fused-ring (bicyclic) bond motifs is 5. The number of thiophene rings is 1. The van der Waals surface area contributed by atoms with Crippen LogP contribution < -0.4 is 15.4 Å². The van der Waals surface area contributed by atoms with E-state index >= 15 is 8.78 Å². The zero-order valence-electron chi connectivity index (χ0n) is 32.5. The van der Waals surface area contributed by atoms with Crippen molar-refractivity contribution in [2.45, 2.75) is 85.3 Å². The SMILES string of the molecule is C/C=C(/F)c1sc(N)c(C#N)c1C(=C(C)CC)c1c2c(c3c(N4C5CCC4CN(CC(C)O)C5)nc(OCC(C)CN(C)CCOC)nc3c1F)COC2. The fourth-order valence-electron chi connectivity index (χ4n) is 8.33. The van der Waals surface area contributed by atoms with Gasteiger partial charge in [-0.25, -0.2) is 8.78 Å². The van der Waals surface area contributed by atoms with Gasteiger partial charge in [-0.05, 0) is 63.8 Å². The van der Waals surface area contributed by atoms with Gasteiger partial charge in [-0.15, -0.1) is 11.3 Å². The van der Waals surface area contributed by atoms with Gasteiger partial charge in [-0.2, -0.15) is 15.2 Å². The van der Waals surface area contributed by atoms with E-state index in [2.05, 4.69) is 27.7 Å². The predicted octanol–water partition coefficient (Wildman–Crippen LogP) is 6.50. The highest BCUT2D eigenvalue weighted by atomic mass is 32.1. The molecule has 0 aliphatic carbocycles. The van der Waals surface area contributed by atoms with Gasteiger partial charge in [0.1, 0.15) is 28.2 Å². The summed E-state index contributed by atoms with van der Waals surface area (Å²) in [6.07, 6.45) is 3.26. The van der Waals surface area contributed by atoms with Crippen molar-refractivity contribution >= 4 is 44.5 Å². The molecule has 3 aliphatic heterocycles. The number of aliphatic hydroxyl groups is 1. The molecule has 14 heteroatoms. The molecule has 4 unspecified atom stereocenters. The second-order valence-electron chi connectivity index (χ2n) is 15.0. The molecule has 0 saturated carbocycles. The second kappa shape index (κ2) is 17.0. The van der Waals surface area contributed by atoms with Crippen molar-refractivity contribution in [3.8, 4) is 12.1 Å². The van der Waals surface area contributed by atoms with Gasteiger partial charge < -0.3 is 34.9 Å². The number of piperazine rings is 1. The summed E-state index contributed by atoms with van der Waals surface area (Å²) in [5.74, 6) is -0.407. The topological polar surface area (TPSA) is 133 Å². The van der Waals surface area contributed by atoms with Crippen LogP contribution in [0.15, 0.2) is 11.6 Å². The number of rotatable bonds is 15. The molecule has 11 nitrogen and oxygen atoms in total. The molecule has 2 fully saturated rings. The zero-order chi connectivity index (χ0) is 38.8. The number of halogens is 2. The molecule has 0 amide bonds. The number of benzene rings is 1. The summed E-state index contributed by atoms with van der Waals surface area (Å²) in [6.45, 7) is 14.2. The molecule has 6 rings (SSSR count). The number of nitrogen functional groups attached to an aromatic ring is 1. The first-order valence-corrected chi connectivity index (χ1v) is 19.7. The number of aromatic nitrogens is 2. The quantitative estimate of drug-likeness (QED) is 0.176. The molecule has 54 heavy (non-hydrogen) atoms. The summed E-state index contributed by atoms with van der Waals surface area (Å²) < 4.78 is 51.2. The van der Waals surface area contributed by atoms with Crippen molar-refractivity contribution in [2.24, 2.45) is 5.92 Å². The summed E-state index contributed by atoms with van der Waals surface area (Å²) >= 11 is 0.986. The molecule has 4 atom stereocenters. The lowest BCUT2D eigenvalue weighted by Gasteiger charge is -2.42. The second-order valence-corrected chi connectivity index (χ2v) is 16.1. The molecule has 3 aliphatic rings. The lowest BCUT2D eigenvalue weighted by atomic mass is 9.84. The molecule has 0 spiro atoms. The highest BCUT2D eigenvalue weighted by Gasteiger charge is 2.43. The van der Waals surface area contributed by atoms with E-state index in [1.54, 1.807) is 21.0 Å². The number of anilines is 2. The van der Waals surface area contributed by atoms with E-state index < -0.39 is 17.7 Å². The molecule has 292 valence electrons. The first-order valence-electron chi connectivity index (χ1n) is 18.9. The summed E-state index contributed by atoms with van der Waals surface area (Å²) in [5.41, 5.74) is 9.68. The van der Waals surface area contributed by atoms with Crippen LogP contribution in [0.5, 0.6) is 6.01 Å². The maximum atomic E-state index is 17.9. The number of likely N-dealkylation sites (tertiary alicyclic amines) is 1. The van der Waals surface area contributed by atoms with E-state index in [1.807, 2.05) is 20.9 Å². The van der Waals surface area contributed by atoms with Crippen molar-refractivity contribution in [3.05, 3.63) is 50.2 Å². The smallest absolute Gasteiger partial charge is 0.319 e. The monoisotopic (exact) mass is 765 g/mol. The minimum absolute atomic E-state index is 0.0781. The Morgan fingerprint density at radius 3 is 2.54 bits per heavy atom. The molecular formula is C40H53F2N7O4S. The normalized spacial score (nSPS) is 20.4. The minimum atomic E-state index is -0.599. The van der Waals surface area contributed by atoms with Crippen LogP contribution in [0.4, 0.5) is 19.6 Å². The van der Waals surface area contributed by atoms with E-state index in [1.165, 1.54) is 6.08 Å². The van der Waals surface area contributed by atoms with Crippen LogP contribution in [0.2, 0.25) is 0 Å². The number of β-amino-alcohol motifs (C(OH)–C–C–N with tert-alkyl or cyclic N) is 1. The molecule has 3 aromatic rings. The average Bonchev–Trinajstić information content (AvgIpc) is 3.83. The van der Waals surface area contributed by atoms with Gasteiger partial charge in [0.2, 0.25) is 0 Å². The van der Waals surface area contributed by atoms with Crippen molar-refractivity contribution in [1.82, 2.24) is 19.8 Å². The number of nitriles is 1. The van der Waals surface area contributed by atoms with Crippen molar-refractivity contribution in [2.75, 3.05) is 70.7 Å². The van der Waals surface area contributed by atoms with Crippen molar-refractivity contribution in [3.63, 3.8) is 0 Å². The Kier molecular flexibility index (Phi) is 12.6. The van der Waals surface area contributed by atoms with Crippen molar-refractivity contribution in [1.29, 1.82) is 5.26 Å². The van der Waals surface area contributed by atoms with Crippen LogP contribution in [0.1, 0.15) is 86.6 Å². The molecule has 0 radical (unpaired) electrons. The fourth-order valence-corrected chi connectivity index (χ4v) is 9.32. The van der Waals surface area contributed by atoms with Crippen LogP contribution in [0.25, 0.3) is 22.3 Å². The van der Waals surface area contributed by atoms with Crippen LogP contribution in [-0.2, 0) is 22.7 Å². The molecule has 2 bridgehead atoms. The number of nitrogens with zero attached hydrogens (tertiary/aromatic N) is 6. The molecule has 1 aromatic carbocycles. The predicted molar refractivity (Wildman–Crippen MR) is 210 cm³/mol. The minimum Gasteiger partial charge on any atom is -0.463 e. The third-order valence-electron chi connectivity index (χ3n) is 10.9. The highest BCUT2D eigenvalue weighted by Crippen LogP contribution is 2.49. The summed E-state index contributed by atoms with van der Waals surface area (Å²) in [5, 5.41) is 21.3. The third kappa shape index (κ3) is 7.72. The van der Waals surface area contributed by atoms with E-state index in [4.69, 9.17) is 29.9 Å². The number of aliphatic hydroxyl groups excluding tert-OH is 1. The number of nitrogens with two attached hydrogens (primary N) is 1. The van der Waals surface area contributed by atoms with E-state index in [0.717, 1.165) is 61.5 Å². The Bertz CT molecular complexity index is 1960. The number of methoxy groups -OCH3 is 1. The van der Waals surface area contributed by atoms with Crippen LogP contribution in [0.3, 0.4) is 0 Å². The molecule has 5 heterocycles. The van der Waals surface area contributed by atoms with Gasteiger partial charge in [-0.1, -0.05) is 25.5 Å². The summed E-state index contributed by atoms with van der Waals surface area (Å²) in [6, 6.07) is 2.45. The Balaban J connectivity index is 1.56. The Morgan fingerprint density at radius 2 is 1.91 bits per heavy atom. The van der Waals surface area contributed by atoms with E-state index in [-0.39, 0.29) is 69.3 Å². The highest BCUT2D eigenvalue weighted by molar-refractivity contribution is 7.17. The van der Waals surface area contributed by atoms with Gasteiger partial charge in [0.15, 0.2) is 5.82 Å². The van der Waals surface area contributed by atoms with Gasteiger partial charge in [-0.3, -0.25) is 4.90 Å². The third-order valence-corrected chi connectivity index (χ3v) is 11.9. The number of hydrogen-bond donors (Lipinski definition) is 2. The summed E-state index contributed by atoms with van der Waals surface area (Å²) in [7, 11) is 3.71. The van der Waals surface area contributed by atoms with E-state index in [9.17, 15) is 10.4 Å². The first-order chi connectivity index (χ1) is 25.9. The van der Waals surface area contributed by atoms with Crippen LogP contribution in [-0.4, -0.2) is 103 Å². The largest absolute Gasteiger partial charge is 0.463 e. The van der Waals surface area contributed by atoms with Crippen LogP contribution >= 0.6 is 11.3 Å². The standard InChI is InChI=1S/C40H53F2N7O4S/c1-8-23(4)31(33-27(14-43)38(44)54-37(33)30(41)9-2)32-28-20-52-21-29(28)34-36(35(32)42)45-40(53-19-22(3)15-47(6)12-13-51-7)46-39(34)49-25-10-11-26(49)18-48(17-25)16-24(5)50/h9,22,24-26,50H,8,10-13,15-21,44H2,1-7H3/b30-9+,31-23?. The molecular weight excluding hydrogens is 713 g/mol. The average molecular weight is 766 g/mol. The Morgan fingerprint density at radius 1 is 1.20 bits per heavy atom.